The molecular weight excluding hydrogens is 378 g/mol. The third-order valence-electron chi connectivity index (χ3n) is 5.54. The molecular formula is C23H21N5O2. The Morgan fingerprint density at radius 3 is 2.67 bits per heavy atom. The Kier molecular flexibility index (Phi) is 4.63. The maximum Gasteiger partial charge on any atom is 0.292 e. The van der Waals surface area contributed by atoms with Crippen LogP contribution in [0.4, 0.5) is 5.69 Å². The summed E-state index contributed by atoms with van der Waals surface area (Å²) < 4.78 is 1.65. The molecule has 0 atom stereocenters. The van der Waals surface area contributed by atoms with E-state index in [9.17, 15) is 9.59 Å². The van der Waals surface area contributed by atoms with Crippen LogP contribution in [-0.4, -0.2) is 32.2 Å². The number of nitrogens with zero attached hydrogens (tertiary/aromatic N) is 3. The predicted octanol–water partition coefficient (Wildman–Crippen LogP) is 3.81. The number of pyridine rings is 2. The first-order valence-electron chi connectivity index (χ1n) is 10.1. The molecule has 1 saturated carbocycles. The fourth-order valence-electron chi connectivity index (χ4n) is 4.07. The quantitative estimate of drug-likeness (QED) is 0.546. The number of amides is 2. The van der Waals surface area contributed by atoms with Crippen molar-refractivity contribution in [3.8, 4) is 0 Å². The first kappa shape index (κ1) is 18.3. The molecule has 3 aromatic heterocycles. The van der Waals surface area contributed by atoms with E-state index in [0.29, 0.717) is 16.7 Å². The average molecular weight is 399 g/mol. The molecule has 1 aliphatic carbocycles. The van der Waals surface area contributed by atoms with Gasteiger partial charge in [-0.15, -0.1) is 0 Å². The molecule has 1 fully saturated rings. The smallest absolute Gasteiger partial charge is 0.292 e. The van der Waals surface area contributed by atoms with Crippen LogP contribution in [0.25, 0.3) is 16.4 Å². The number of hydrogen-bond acceptors (Lipinski definition) is 4. The fraction of sp³-hybridized carbons (Fsp3) is 0.217. The predicted molar refractivity (Wildman–Crippen MR) is 115 cm³/mol. The first-order chi connectivity index (χ1) is 14.7. The van der Waals surface area contributed by atoms with Crippen LogP contribution in [-0.2, 0) is 0 Å². The standard InChI is InChI=1S/C23H21N5O2/c29-22(25-16-9-1-2-10-16)20-18-12-3-4-14-28(18)21(27-20)23(30)26-17-11-5-7-15-8-6-13-24-19(15)17/h3-8,11-14,16H,1-2,9-10H2,(H,25,29)(H,26,30). The van der Waals surface area contributed by atoms with E-state index in [-0.39, 0.29) is 23.5 Å². The molecule has 0 saturated heterocycles. The van der Waals surface area contributed by atoms with E-state index in [0.717, 1.165) is 31.1 Å². The summed E-state index contributed by atoms with van der Waals surface area (Å²) in [5, 5.41) is 6.89. The third kappa shape index (κ3) is 3.28. The van der Waals surface area contributed by atoms with Crippen LogP contribution >= 0.6 is 0 Å². The van der Waals surface area contributed by atoms with Crippen molar-refractivity contribution >= 4 is 33.9 Å². The summed E-state index contributed by atoms with van der Waals surface area (Å²) in [5.41, 5.74) is 2.18. The van der Waals surface area contributed by atoms with E-state index in [1.54, 1.807) is 28.9 Å². The Hall–Kier alpha value is -3.74. The second-order valence-corrected chi connectivity index (χ2v) is 7.53. The van der Waals surface area contributed by atoms with Gasteiger partial charge >= 0.3 is 0 Å². The van der Waals surface area contributed by atoms with Crippen LogP contribution in [0, 0.1) is 0 Å². The highest BCUT2D eigenvalue weighted by atomic mass is 16.2. The number of imidazole rings is 1. The van der Waals surface area contributed by atoms with E-state index in [4.69, 9.17) is 0 Å². The normalized spacial score (nSPS) is 14.3. The number of carbonyl (C=O) groups is 2. The summed E-state index contributed by atoms with van der Waals surface area (Å²) >= 11 is 0. The molecule has 1 aliphatic rings. The van der Waals surface area contributed by atoms with Crippen LogP contribution in [0.5, 0.6) is 0 Å². The topological polar surface area (TPSA) is 88.4 Å². The molecule has 1 aromatic carbocycles. The molecule has 150 valence electrons. The number of rotatable bonds is 4. The number of para-hydroxylation sites is 1. The molecule has 4 aromatic rings. The van der Waals surface area contributed by atoms with Crippen molar-refractivity contribution in [3.63, 3.8) is 0 Å². The molecule has 2 N–H and O–H groups in total. The van der Waals surface area contributed by atoms with Gasteiger partial charge in [0.1, 0.15) is 0 Å². The highest BCUT2D eigenvalue weighted by Gasteiger charge is 2.24. The van der Waals surface area contributed by atoms with Gasteiger partial charge in [0.25, 0.3) is 11.8 Å². The van der Waals surface area contributed by atoms with Crippen molar-refractivity contribution in [2.75, 3.05) is 5.32 Å². The monoisotopic (exact) mass is 399 g/mol. The minimum Gasteiger partial charge on any atom is -0.348 e. The molecule has 3 heterocycles. The molecule has 0 radical (unpaired) electrons. The summed E-state index contributed by atoms with van der Waals surface area (Å²) in [4.78, 5) is 34.8. The molecule has 5 rings (SSSR count). The first-order valence-corrected chi connectivity index (χ1v) is 10.1. The zero-order valence-corrected chi connectivity index (χ0v) is 16.3. The Labute approximate surface area is 173 Å². The summed E-state index contributed by atoms with van der Waals surface area (Å²) in [6.07, 6.45) is 7.65. The maximum absolute atomic E-state index is 13.1. The number of carbonyl (C=O) groups excluding carboxylic acids is 2. The van der Waals surface area contributed by atoms with Crippen molar-refractivity contribution in [2.24, 2.45) is 0 Å². The molecule has 0 bridgehead atoms. The molecule has 2 amide bonds. The van der Waals surface area contributed by atoms with Crippen molar-refractivity contribution < 1.29 is 9.59 Å². The Morgan fingerprint density at radius 1 is 0.967 bits per heavy atom. The Bertz CT molecular complexity index is 1250. The Morgan fingerprint density at radius 2 is 1.80 bits per heavy atom. The van der Waals surface area contributed by atoms with Crippen LogP contribution in [0.3, 0.4) is 0 Å². The van der Waals surface area contributed by atoms with Crippen LogP contribution in [0.2, 0.25) is 0 Å². The van der Waals surface area contributed by atoms with Gasteiger partial charge in [-0.25, -0.2) is 4.98 Å². The zero-order valence-electron chi connectivity index (χ0n) is 16.3. The van der Waals surface area contributed by atoms with Gasteiger partial charge in [0.2, 0.25) is 5.82 Å². The van der Waals surface area contributed by atoms with Gasteiger partial charge < -0.3 is 10.6 Å². The lowest BCUT2D eigenvalue weighted by molar-refractivity contribution is 0.0935. The van der Waals surface area contributed by atoms with Gasteiger partial charge in [0.15, 0.2) is 5.69 Å². The Balaban J connectivity index is 1.49. The lowest BCUT2D eigenvalue weighted by atomic mass is 10.2. The van der Waals surface area contributed by atoms with Gasteiger partial charge in [0.05, 0.1) is 16.7 Å². The lowest BCUT2D eigenvalue weighted by Gasteiger charge is -2.10. The second kappa shape index (κ2) is 7.59. The van der Waals surface area contributed by atoms with Crippen LogP contribution < -0.4 is 10.6 Å². The molecule has 0 spiro atoms. The number of nitrogens with one attached hydrogen (secondary N) is 2. The van der Waals surface area contributed by atoms with Gasteiger partial charge in [-0.1, -0.05) is 37.1 Å². The van der Waals surface area contributed by atoms with E-state index in [2.05, 4.69) is 20.6 Å². The summed E-state index contributed by atoms with van der Waals surface area (Å²) in [6.45, 7) is 0. The van der Waals surface area contributed by atoms with Gasteiger partial charge in [-0.05, 0) is 37.1 Å². The van der Waals surface area contributed by atoms with Crippen LogP contribution in [0.1, 0.15) is 46.8 Å². The minimum absolute atomic E-state index is 0.162. The van der Waals surface area contributed by atoms with Crippen molar-refractivity contribution in [3.05, 3.63) is 72.4 Å². The van der Waals surface area contributed by atoms with E-state index in [1.165, 1.54) is 0 Å². The van der Waals surface area contributed by atoms with Gasteiger partial charge in [0, 0.05) is 23.8 Å². The molecule has 0 aliphatic heterocycles. The van der Waals surface area contributed by atoms with Crippen molar-refractivity contribution in [1.82, 2.24) is 19.7 Å². The fourth-order valence-corrected chi connectivity index (χ4v) is 4.07. The second-order valence-electron chi connectivity index (χ2n) is 7.53. The number of benzene rings is 1. The van der Waals surface area contributed by atoms with Gasteiger partial charge in [-0.3, -0.25) is 19.0 Å². The lowest BCUT2D eigenvalue weighted by Crippen LogP contribution is -2.33. The van der Waals surface area contributed by atoms with Crippen molar-refractivity contribution in [1.29, 1.82) is 0 Å². The van der Waals surface area contributed by atoms with Crippen LogP contribution in [0.15, 0.2) is 60.9 Å². The summed E-state index contributed by atoms with van der Waals surface area (Å²) in [5.74, 6) is -0.471. The molecule has 0 unspecified atom stereocenters. The summed E-state index contributed by atoms with van der Waals surface area (Å²) in [6, 6.07) is 15.0. The van der Waals surface area contributed by atoms with E-state index >= 15 is 0 Å². The van der Waals surface area contributed by atoms with E-state index in [1.807, 2.05) is 36.4 Å². The number of aromatic nitrogens is 3. The number of fused-ring (bicyclic) bond motifs is 2. The molecule has 7 heteroatoms. The summed E-state index contributed by atoms with van der Waals surface area (Å²) in [7, 11) is 0. The highest BCUT2D eigenvalue weighted by molar-refractivity contribution is 6.09. The maximum atomic E-state index is 13.1. The number of anilines is 1. The van der Waals surface area contributed by atoms with Crippen molar-refractivity contribution in [2.45, 2.75) is 31.7 Å². The molecule has 7 nitrogen and oxygen atoms in total. The highest BCUT2D eigenvalue weighted by Crippen LogP contribution is 2.23. The van der Waals surface area contributed by atoms with E-state index < -0.39 is 5.91 Å². The molecule has 30 heavy (non-hydrogen) atoms. The average Bonchev–Trinajstić information content (AvgIpc) is 3.42. The number of hydrogen-bond donors (Lipinski definition) is 2. The third-order valence-corrected chi connectivity index (χ3v) is 5.54. The zero-order chi connectivity index (χ0) is 20.5. The SMILES string of the molecule is O=C(NC1CCCC1)c1nc(C(=O)Nc2cccc3cccnc23)n2ccccc12. The largest absolute Gasteiger partial charge is 0.348 e. The van der Waals surface area contributed by atoms with Gasteiger partial charge in [-0.2, -0.15) is 0 Å². The minimum atomic E-state index is -0.394.